The van der Waals surface area contributed by atoms with Crippen LogP contribution in [0.2, 0.25) is 0 Å². The summed E-state index contributed by atoms with van der Waals surface area (Å²) in [5, 5.41) is 11.7. The predicted molar refractivity (Wildman–Crippen MR) is 116 cm³/mol. The van der Waals surface area contributed by atoms with Crippen LogP contribution in [0.3, 0.4) is 0 Å². The number of allylic oxidation sites excluding steroid dienone is 1. The minimum atomic E-state index is 0.112. The minimum absolute atomic E-state index is 0.112. The van der Waals surface area contributed by atoms with Crippen molar-refractivity contribution in [3.8, 4) is 11.4 Å². The summed E-state index contributed by atoms with van der Waals surface area (Å²) < 4.78 is 2.12. The van der Waals surface area contributed by atoms with Crippen molar-refractivity contribution >= 4 is 24.5 Å². The summed E-state index contributed by atoms with van der Waals surface area (Å²) in [5.41, 5.74) is 4.52. The Balaban J connectivity index is 1.89. The zero-order valence-electron chi connectivity index (χ0n) is 16.1. The van der Waals surface area contributed by atoms with E-state index in [-0.39, 0.29) is 5.41 Å². The molecule has 0 spiro atoms. The number of nitrogens with one attached hydrogen (secondary N) is 1. The van der Waals surface area contributed by atoms with E-state index in [1.165, 1.54) is 5.56 Å². The lowest BCUT2D eigenvalue weighted by molar-refractivity contribution is 0.590. The van der Waals surface area contributed by atoms with E-state index in [0.717, 1.165) is 16.7 Å². The molecule has 5 heteroatoms. The van der Waals surface area contributed by atoms with Crippen molar-refractivity contribution in [3.05, 3.63) is 76.1 Å². The second-order valence-electron chi connectivity index (χ2n) is 7.54. The van der Waals surface area contributed by atoms with Gasteiger partial charge in [0.25, 0.3) is 0 Å². The van der Waals surface area contributed by atoms with Gasteiger partial charge >= 0.3 is 0 Å². The van der Waals surface area contributed by atoms with Crippen LogP contribution >= 0.6 is 12.2 Å². The number of benzene rings is 2. The van der Waals surface area contributed by atoms with Gasteiger partial charge in [0, 0.05) is 5.56 Å². The smallest absolute Gasteiger partial charge is 0.216 e. The highest BCUT2D eigenvalue weighted by molar-refractivity contribution is 7.71. The Kier molecular flexibility index (Phi) is 5.51. The van der Waals surface area contributed by atoms with Crippen molar-refractivity contribution in [3.63, 3.8) is 0 Å². The third-order valence-electron chi connectivity index (χ3n) is 4.23. The van der Waals surface area contributed by atoms with Gasteiger partial charge in [0.1, 0.15) is 0 Å². The molecule has 0 aliphatic heterocycles. The maximum atomic E-state index is 5.35. The Labute approximate surface area is 165 Å². The highest BCUT2D eigenvalue weighted by Crippen LogP contribution is 2.25. The van der Waals surface area contributed by atoms with Crippen LogP contribution in [0.25, 0.3) is 17.5 Å². The lowest BCUT2D eigenvalue weighted by Gasteiger charge is -2.18. The molecule has 0 aliphatic rings. The van der Waals surface area contributed by atoms with E-state index in [1.54, 1.807) is 10.9 Å². The van der Waals surface area contributed by atoms with Gasteiger partial charge in [0.15, 0.2) is 5.82 Å². The second kappa shape index (κ2) is 7.84. The van der Waals surface area contributed by atoms with Gasteiger partial charge in [0.2, 0.25) is 4.77 Å². The van der Waals surface area contributed by atoms with Crippen LogP contribution in [0, 0.1) is 4.77 Å². The molecule has 1 aromatic heterocycles. The van der Waals surface area contributed by atoms with Crippen LogP contribution in [-0.4, -0.2) is 21.1 Å². The third kappa shape index (κ3) is 4.68. The van der Waals surface area contributed by atoms with Gasteiger partial charge in [-0.2, -0.15) is 14.9 Å². The highest BCUT2D eigenvalue weighted by Gasteiger charge is 2.14. The molecule has 0 radical (unpaired) electrons. The monoisotopic (exact) mass is 376 g/mol. The van der Waals surface area contributed by atoms with Crippen molar-refractivity contribution in [1.29, 1.82) is 0 Å². The largest absolute Gasteiger partial charge is 0.250 e. The van der Waals surface area contributed by atoms with Crippen LogP contribution in [0.5, 0.6) is 0 Å². The van der Waals surface area contributed by atoms with Crippen molar-refractivity contribution in [1.82, 2.24) is 14.9 Å². The molecule has 2 aromatic carbocycles. The molecule has 0 fully saturated rings. The van der Waals surface area contributed by atoms with Gasteiger partial charge < -0.3 is 0 Å². The maximum absolute atomic E-state index is 5.35. The van der Waals surface area contributed by atoms with Crippen molar-refractivity contribution in [2.45, 2.75) is 33.1 Å². The van der Waals surface area contributed by atoms with Crippen LogP contribution in [0.4, 0.5) is 0 Å². The quantitative estimate of drug-likeness (QED) is 0.459. The fraction of sp³-hybridized carbons (Fsp3) is 0.227. The zero-order valence-corrected chi connectivity index (χ0v) is 16.9. The highest BCUT2D eigenvalue weighted by atomic mass is 32.1. The van der Waals surface area contributed by atoms with Crippen molar-refractivity contribution in [2.24, 2.45) is 5.10 Å². The summed E-state index contributed by atoms with van der Waals surface area (Å²) in [6.07, 6.45) is 3.87. The van der Waals surface area contributed by atoms with Crippen LogP contribution < -0.4 is 0 Å². The van der Waals surface area contributed by atoms with Gasteiger partial charge in [0.05, 0.1) is 6.21 Å². The van der Waals surface area contributed by atoms with E-state index in [1.807, 2.05) is 25.1 Å². The number of nitrogens with zero attached hydrogens (tertiary/aromatic N) is 3. The average molecular weight is 377 g/mol. The molecule has 27 heavy (non-hydrogen) atoms. The molecular formula is C22H24N4S. The number of hydrogen-bond donors (Lipinski definition) is 1. The minimum Gasteiger partial charge on any atom is -0.250 e. The Morgan fingerprint density at radius 2 is 1.74 bits per heavy atom. The molecule has 0 bridgehead atoms. The van der Waals surface area contributed by atoms with Gasteiger partial charge in [-0.15, -0.1) is 0 Å². The molecule has 1 N–H and O–H groups in total. The van der Waals surface area contributed by atoms with E-state index in [9.17, 15) is 0 Å². The van der Waals surface area contributed by atoms with Gasteiger partial charge in [-0.25, -0.2) is 5.10 Å². The Morgan fingerprint density at radius 1 is 1.07 bits per heavy atom. The standard InChI is InChI=1S/C22H24N4S/c1-16(14-17-8-6-5-7-9-17)15-23-26-20(24-25-21(26)27)18-10-12-19(13-11-18)22(2,3)4/h5-15H,1-4H3,(H,25,27)/b16-14+,23-15+. The SMILES string of the molecule is CC(/C=N/n1c(-c2ccc(C(C)(C)C)cc2)n[nH]c1=S)=C\c1ccccc1. The van der Waals surface area contributed by atoms with E-state index in [2.05, 4.69) is 78.5 Å². The number of H-pyrrole nitrogens is 1. The fourth-order valence-corrected chi connectivity index (χ4v) is 2.88. The first-order valence-corrected chi connectivity index (χ1v) is 9.31. The lowest BCUT2D eigenvalue weighted by Crippen LogP contribution is -2.10. The topological polar surface area (TPSA) is 46.0 Å². The summed E-state index contributed by atoms with van der Waals surface area (Å²) in [6, 6.07) is 18.5. The summed E-state index contributed by atoms with van der Waals surface area (Å²) in [5.74, 6) is 0.698. The normalized spacial score (nSPS) is 12.7. The van der Waals surface area contributed by atoms with E-state index in [0.29, 0.717) is 10.6 Å². The number of aromatic nitrogens is 3. The summed E-state index contributed by atoms with van der Waals surface area (Å²) in [7, 11) is 0. The molecule has 4 nitrogen and oxygen atoms in total. The third-order valence-corrected chi connectivity index (χ3v) is 4.49. The maximum Gasteiger partial charge on any atom is 0.216 e. The molecule has 0 atom stereocenters. The summed E-state index contributed by atoms with van der Waals surface area (Å²) >= 11 is 5.35. The fourth-order valence-electron chi connectivity index (χ4n) is 2.70. The first-order valence-electron chi connectivity index (χ1n) is 8.90. The number of hydrogen-bond acceptors (Lipinski definition) is 3. The van der Waals surface area contributed by atoms with Crippen LogP contribution in [0.15, 0.2) is 65.3 Å². The lowest BCUT2D eigenvalue weighted by atomic mass is 9.87. The molecule has 3 rings (SSSR count). The molecule has 1 heterocycles. The van der Waals surface area contributed by atoms with E-state index < -0.39 is 0 Å². The summed E-state index contributed by atoms with van der Waals surface area (Å²) in [6.45, 7) is 8.61. The zero-order chi connectivity index (χ0) is 19.4. The number of rotatable bonds is 4. The summed E-state index contributed by atoms with van der Waals surface area (Å²) in [4.78, 5) is 0. The van der Waals surface area contributed by atoms with E-state index >= 15 is 0 Å². The first kappa shape index (κ1) is 19.0. The Bertz CT molecular complexity index is 1020. The van der Waals surface area contributed by atoms with E-state index in [4.69, 9.17) is 12.2 Å². The van der Waals surface area contributed by atoms with Gasteiger partial charge in [-0.1, -0.05) is 81.4 Å². The molecule has 3 aromatic rings. The molecular weight excluding hydrogens is 352 g/mol. The van der Waals surface area contributed by atoms with Gasteiger partial charge in [-0.3, -0.25) is 0 Å². The predicted octanol–water partition coefficient (Wildman–Crippen LogP) is 5.84. The second-order valence-corrected chi connectivity index (χ2v) is 7.92. The van der Waals surface area contributed by atoms with Crippen molar-refractivity contribution < 1.29 is 0 Å². The molecule has 0 saturated heterocycles. The molecule has 0 aliphatic carbocycles. The number of aromatic amines is 1. The first-order chi connectivity index (χ1) is 12.8. The Morgan fingerprint density at radius 3 is 2.37 bits per heavy atom. The van der Waals surface area contributed by atoms with Crippen LogP contribution in [0.1, 0.15) is 38.8 Å². The Hall–Kier alpha value is -2.79. The van der Waals surface area contributed by atoms with Crippen molar-refractivity contribution in [2.75, 3.05) is 0 Å². The molecule has 0 saturated carbocycles. The molecule has 138 valence electrons. The molecule has 0 amide bonds. The average Bonchev–Trinajstić information content (AvgIpc) is 3.01. The van der Waals surface area contributed by atoms with Gasteiger partial charge in [-0.05, 0) is 41.3 Å². The molecule has 0 unspecified atom stereocenters. The van der Waals surface area contributed by atoms with Crippen LogP contribution in [-0.2, 0) is 5.41 Å².